The van der Waals surface area contributed by atoms with Gasteiger partial charge in [-0.15, -0.1) is 10.2 Å². The van der Waals surface area contributed by atoms with E-state index in [-0.39, 0.29) is 6.10 Å². The number of nitrogens with zero attached hydrogens (tertiary/aromatic N) is 7. The number of aliphatic hydroxyl groups excluding tert-OH is 1. The molecule has 7 rings (SSSR count). The van der Waals surface area contributed by atoms with Crippen LogP contribution in [0.25, 0.3) is 11.2 Å². The van der Waals surface area contributed by atoms with E-state index in [0.29, 0.717) is 41.4 Å². The Labute approximate surface area is 248 Å². The number of hydrogen-bond acceptors (Lipinski definition) is 10. The first-order valence-corrected chi connectivity index (χ1v) is 14.6. The first kappa shape index (κ1) is 26.9. The van der Waals surface area contributed by atoms with Crippen LogP contribution in [0.3, 0.4) is 0 Å². The number of allylic oxidation sites excluding steroid dienone is 3. The molecular weight excluding hydrogens is 556 g/mol. The number of benzene rings is 1. The quantitative estimate of drug-likeness (QED) is 0.466. The Kier molecular flexibility index (Phi) is 7.09. The molecule has 0 unspecified atom stereocenters. The minimum Gasteiger partial charge on any atom is -0.501 e. The van der Waals surface area contributed by atoms with E-state index in [0.717, 1.165) is 72.3 Å². The molecule has 2 aliphatic heterocycles. The molecule has 11 nitrogen and oxygen atoms in total. The first-order chi connectivity index (χ1) is 20.5. The van der Waals surface area contributed by atoms with E-state index >= 15 is 0 Å². The van der Waals surface area contributed by atoms with Crippen LogP contribution >= 0.6 is 11.6 Å². The Hall–Kier alpha value is -3.93. The molecule has 1 saturated heterocycles. The van der Waals surface area contributed by atoms with Crippen molar-refractivity contribution in [3.63, 3.8) is 0 Å². The third-order valence-corrected chi connectivity index (χ3v) is 8.99. The lowest BCUT2D eigenvalue weighted by Crippen LogP contribution is -2.55. The van der Waals surface area contributed by atoms with E-state index in [1.807, 2.05) is 10.5 Å². The topological polar surface area (TPSA) is 112 Å². The van der Waals surface area contributed by atoms with Gasteiger partial charge in [0.25, 0.3) is 0 Å². The van der Waals surface area contributed by atoms with Crippen LogP contribution in [0.5, 0.6) is 0 Å². The summed E-state index contributed by atoms with van der Waals surface area (Å²) in [5.41, 5.74) is 5.30. The zero-order valence-corrected chi connectivity index (χ0v) is 24.4. The summed E-state index contributed by atoms with van der Waals surface area (Å²) in [5.74, 6) is 1.82. The summed E-state index contributed by atoms with van der Waals surface area (Å²) in [5, 5.41) is 22.9. The summed E-state index contributed by atoms with van der Waals surface area (Å²) in [4.78, 5) is 14.5. The second-order valence-electron chi connectivity index (χ2n) is 11.0. The fourth-order valence-corrected chi connectivity index (χ4v) is 6.40. The Balaban J connectivity index is 1.11. The van der Waals surface area contributed by atoms with E-state index in [4.69, 9.17) is 31.1 Å². The highest BCUT2D eigenvalue weighted by molar-refractivity contribution is 6.36. The molecule has 2 aliphatic carbocycles. The number of ether oxygens (including phenoxy) is 2. The molecule has 0 amide bonds. The molecule has 0 atom stereocenters. The Morgan fingerprint density at radius 2 is 1.83 bits per heavy atom. The maximum absolute atomic E-state index is 9.63. The number of aromatic nitrogens is 3. The van der Waals surface area contributed by atoms with Crippen LogP contribution in [0.2, 0.25) is 0 Å². The van der Waals surface area contributed by atoms with Gasteiger partial charge in [-0.25, -0.2) is 4.99 Å². The van der Waals surface area contributed by atoms with E-state index in [9.17, 15) is 5.11 Å². The number of hydrogen-bond donors (Lipinski definition) is 2. The molecular formula is C30H33ClN8O3. The molecule has 0 bridgehead atoms. The molecule has 2 N–H and O–H groups in total. The van der Waals surface area contributed by atoms with Crippen LogP contribution in [0.1, 0.15) is 24.8 Å². The highest BCUT2D eigenvalue weighted by Gasteiger charge is 2.33. The smallest absolute Gasteiger partial charge is 0.224 e. The molecule has 0 spiro atoms. The minimum absolute atomic E-state index is 0.105. The second kappa shape index (κ2) is 11.0. The van der Waals surface area contributed by atoms with E-state index in [1.165, 1.54) is 5.69 Å². The van der Waals surface area contributed by atoms with Crippen LogP contribution in [0.4, 0.5) is 11.4 Å². The number of methoxy groups -OCH3 is 2. The zero-order valence-electron chi connectivity index (χ0n) is 23.6. The third kappa shape index (κ3) is 4.91. The summed E-state index contributed by atoms with van der Waals surface area (Å²) >= 11 is 6.75. The SMILES string of the molecule is COC1=CC(OC)=C(Cl)C(=c2cc3c(n4cnnc24)=NC(Nc2ccc(N4CCN(C5CC(O)C5)CC4)cc2)=NC3)C1. The number of nitrogens with one attached hydrogen (secondary N) is 1. The van der Waals surface area contributed by atoms with Crippen LogP contribution in [0.15, 0.2) is 69.3 Å². The molecule has 4 aliphatic rings. The van der Waals surface area contributed by atoms with Crippen molar-refractivity contribution in [2.24, 2.45) is 9.98 Å². The van der Waals surface area contributed by atoms with Gasteiger partial charge in [0.1, 0.15) is 23.3 Å². The van der Waals surface area contributed by atoms with Gasteiger partial charge in [0.2, 0.25) is 5.96 Å². The van der Waals surface area contributed by atoms with Gasteiger partial charge in [0.05, 0.1) is 31.9 Å². The number of fused-ring (bicyclic) bond motifs is 3. The summed E-state index contributed by atoms with van der Waals surface area (Å²) in [6, 6.07) is 11.0. The molecule has 2 fully saturated rings. The fraction of sp³-hybridized carbons (Fsp3) is 0.400. The van der Waals surface area contributed by atoms with Gasteiger partial charge in [0.15, 0.2) is 5.65 Å². The van der Waals surface area contributed by atoms with Gasteiger partial charge in [-0.05, 0) is 48.7 Å². The van der Waals surface area contributed by atoms with Gasteiger partial charge in [-0.3, -0.25) is 9.30 Å². The summed E-state index contributed by atoms with van der Waals surface area (Å²) < 4.78 is 12.9. The van der Waals surface area contributed by atoms with Crippen molar-refractivity contribution in [3.05, 3.63) is 75.6 Å². The maximum Gasteiger partial charge on any atom is 0.224 e. The van der Waals surface area contributed by atoms with E-state index < -0.39 is 0 Å². The zero-order chi connectivity index (χ0) is 28.8. The lowest BCUT2D eigenvalue weighted by molar-refractivity contribution is -0.000361. The van der Waals surface area contributed by atoms with Crippen molar-refractivity contribution in [2.45, 2.75) is 38.0 Å². The lowest BCUT2D eigenvalue weighted by Gasteiger charge is -2.45. The Morgan fingerprint density at radius 3 is 2.55 bits per heavy atom. The molecule has 2 aromatic heterocycles. The number of guanidine groups is 1. The molecule has 218 valence electrons. The van der Waals surface area contributed by atoms with Crippen LogP contribution in [0, 0.1) is 0 Å². The maximum atomic E-state index is 9.63. The molecule has 12 heteroatoms. The van der Waals surface area contributed by atoms with Crippen molar-refractivity contribution in [1.29, 1.82) is 0 Å². The highest BCUT2D eigenvalue weighted by Crippen LogP contribution is 2.33. The predicted molar refractivity (Wildman–Crippen MR) is 161 cm³/mol. The number of rotatable bonds is 5. The van der Waals surface area contributed by atoms with Crippen molar-refractivity contribution >= 4 is 40.2 Å². The standard InChI is InChI=1S/C30H33ClN8O3/c1-41-23-14-24(27(31)26(15-23)42-2)25-11-18-16-32-30(35-28(18)39-17-33-36-29(25)39)34-19-3-5-20(6-4-19)37-7-9-38(10-8-37)21-12-22(40)13-21/h3-6,11,15,17,21-22,40H,7-10,12-14,16H2,1-2H3,(H,32,34). The normalized spacial score (nSPS) is 24.0. The van der Waals surface area contributed by atoms with Gasteiger partial charge < -0.3 is 24.8 Å². The third-order valence-electron chi connectivity index (χ3n) is 8.57. The number of anilines is 2. The van der Waals surface area contributed by atoms with Crippen molar-refractivity contribution < 1.29 is 14.6 Å². The van der Waals surface area contributed by atoms with Crippen LogP contribution < -0.4 is 20.9 Å². The molecule has 0 radical (unpaired) electrons. The summed E-state index contributed by atoms with van der Waals surface area (Å²) in [6.45, 7) is 4.49. The summed E-state index contributed by atoms with van der Waals surface area (Å²) in [6.07, 6.45) is 5.70. The first-order valence-electron chi connectivity index (χ1n) is 14.2. The van der Waals surface area contributed by atoms with Crippen molar-refractivity contribution in [1.82, 2.24) is 19.5 Å². The van der Waals surface area contributed by atoms with Crippen LogP contribution in [-0.2, 0) is 16.0 Å². The largest absolute Gasteiger partial charge is 0.501 e. The van der Waals surface area contributed by atoms with Crippen LogP contribution in [-0.4, -0.2) is 83.1 Å². The molecule has 1 aromatic carbocycles. The fourth-order valence-electron chi connectivity index (χ4n) is 6.10. The molecule has 4 heterocycles. The molecule has 42 heavy (non-hydrogen) atoms. The average molecular weight is 589 g/mol. The Morgan fingerprint density at radius 1 is 1.05 bits per heavy atom. The highest BCUT2D eigenvalue weighted by atomic mass is 35.5. The predicted octanol–water partition coefficient (Wildman–Crippen LogP) is 2.16. The van der Waals surface area contributed by atoms with Gasteiger partial charge >= 0.3 is 0 Å². The lowest BCUT2D eigenvalue weighted by atomic mass is 9.87. The van der Waals surface area contributed by atoms with E-state index in [1.54, 1.807) is 26.6 Å². The molecule has 3 aromatic rings. The van der Waals surface area contributed by atoms with Crippen molar-refractivity contribution in [3.8, 4) is 0 Å². The summed E-state index contributed by atoms with van der Waals surface area (Å²) in [7, 11) is 3.22. The average Bonchev–Trinajstić information content (AvgIpc) is 3.51. The number of aliphatic hydroxyl groups is 1. The molecule has 1 saturated carbocycles. The number of halogens is 1. The van der Waals surface area contributed by atoms with Gasteiger partial charge in [0, 0.05) is 66.9 Å². The van der Waals surface area contributed by atoms with Gasteiger partial charge in [-0.1, -0.05) is 11.6 Å². The minimum atomic E-state index is -0.105. The second-order valence-corrected chi connectivity index (χ2v) is 11.4. The monoisotopic (exact) mass is 588 g/mol. The van der Waals surface area contributed by atoms with Crippen molar-refractivity contribution in [2.75, 3.05) is 50.6 Å². The number of aliphatic imine (C=N–C) groups is 1. The Bertz CT molecular complexity index is 1730. The number of pyridine rings is 1. The van der Waals surface area contributed by atoms with E-state index in [2.05, 4.69) is 49.6 Å². The van der Waals surface area contributed by atoms with Gasteiger partial charge in [-0.2, -0.15) is 4.99 Å². The number of piperazine rings is 1.